The van der Waals surface area contributed by atoms with E-state index in [0.717, 1.165) is 34.5 Å². The average Bonchev–Trinajstić information content (AvgIpc) is 3.71. The van der Waals surface area contributed by atoms with Gasteiger partial charge in [0.25, 0.3) is 0 Å². The third kappa shape index (κ3) is 3.69. The summed E-state index contributed by atoms with van der Waals surface area (Å²) in [6.07, 6.45) is 9.45. The summed E-state index contributed by atoms with van der Waals surface area (Å²) in [6.45, 7) is 0. The second kappa shape index (κ2) is 10.3. The van der Waals surface area contributed by atoms with E-state index in [0.29, 0.717) is 11.8 Å². The molecule has 3 aromatic heterocycles. The molecule has 52 heavy (non-hydrogen) atoms. The number of para-hydroxylation sites is 1. The van der Waals surface area contributed by atoms with Crippen LogP contribution in [0.25, 0.3) is 99.3 Å². The lowest BCUT2D eigenvalue weighted by Crippen LogP contribution is -2.11. The van der Waals surface area contributed by atoms with Gasteiger partial charge in [0, 0.05) is 49.5 Å². The number of allylic oxidation sites excluding steroid dienone is 4. The van der Waals surface area contributed by atoms with Crippen LogP contribution in [0.2, 0.25) is 0 Å². The quantitative estimate of drug-likeness (QED) is 0.188. The van der Waals surface area contributed by atoms with E-state index in [2.05, 4.69) is 149 Å². The van der Waals surface area contributed by atoms with Gasteiger partial charge >= 0.3 is 0 Å². The van der Waals surface area contributed by atoms with E-state index in [1.807, 2.05) is 18.2 Å². The summed E-state index contributed by atoms with van der Waals surface area (Å²) in [5.41, 5.74) is 9.25. The van der Waals surface area contributed by atoms with Gasteiger partial charge in [-0.05, 0) is 64.7 Å². The van der Waals surface area contributed by atoms with Crippen LogP contribution in [0.3, 0.4) is 0 Å². The third-order valence-corrected chi connectivity index (χ3v) is 11.1. The molecule has 1 atom stereocenters. The minimum Gasteiger partial charge on any atom is -0.309 e. The molecule has 0 fully saturated rings. The van der Waals surface area contributed by atoms with Crippen LogP contribution >= 0.6 is 0 Å². The first-order chi connectivity index (χ1) is 25.8. The second-order valence-electron chi connectivity index (χ2n) is 13.9. The molecule has 1 unspecified atom stereocenters. The Morgan fingerprint density at radius 3 is 2.10 bits per heavy atom. The summed E-state index contributed by atoms with van der Waals surface area (Å²) in [7, 11) is 0. The maximum absolute atomic E-state index is 5.35. The van der Waals surface area contributed by atoms with Crippen LogP contribution in [0.5, 0.6) is 0 Å². The lowest BCUT2D eigenvalue weighted by molar-refractivity contribution is 0.750. The van der Waals surface area contributed by atoms with Gasteiger partial charge in [-0.15, -0.1) is 0 Å². The SMILES string of the molecule is C1=CCC(c2nc(-c3ccccc3)nc(-n3c4ccc5ccc6c7c8c(cccc8n6-c6ccccc6)-c6cc8ccccc8c3c6c4c57)n2)C=C1. The Labute approximate surface area is 298 Å². The molecular weight excluding hydrogens is 635 g/mol. The van der Waals surface area contributed by atoms with Crippen LogP contribution in [-0.4, -0.2) is 24.1 Å². The molecule has 5 heteroatoms. The second-order valence-corrected chi connectivity index (χ2v) is 13.9. The van der Waals surface area contributed by atoms with E-state index >= 15 is 0 Å². The fourth-order valence-electron chi connectivity index (χ4n) is 8.96. The van der Waals surface area contributed by atoms with Crippen molar-refractivity contribution < 1.29 is 0 Å². The zero-order chi connectivity index (χ0) is 33.9. The van der Waals surface area contributed by atoms with E-state index in [1.54, 1.807) is 0 Å². The van der Waals surface area contributed by atoms with Crippen molar-refractivity contribution in [2.24, 2.45) is 0 Å². The van der Waals surface area contributed by atoms with Crippen LogP contribution in [0, 0.1) is 0 Å². The number of nitrogens with zero attached hydrogens (tertiary/aromatic N) is 5. The van der Waals surface area contributed by atoms with Gasteiger partial charge in [-0.1, -0.05) is 121 Å². The van der Waals surface area contributed by atoms with Crippen molar-refractivity contribution in [1.82, 2.24) is 24.1 Å². The minimum atomic E-state index is 0.0619. The smallest absolute Gasteiger partial charge is 0.238 e. The van der Waals surface area contributed by atoms with E-state index in [9.17, 15) is 0 Å². The van der Waals surface area contributed by atoms with E-state index in [-0.39, 0.29) is 5.92 Å². The number of hydrogen-bond acceptors (Lipinski definition) is 3. The van der Waals surface area contributed by atoms with Crippen molar-refractivity contribution >= 4 is 65.2 Å². The summed E-state index contributed by atoms with van der Waals surface area (Å²) in [5.74, 6) is 2.16. The van der Waals surface area contributed by atoms with Gasteiger partial charge in [-0.2, -0.15) is 9.97 Å². The van der Waals surface area contributed by atoms with Gasteiger partial charge in [-0.3, -0.25) is 4.57 Å². The number of benzene rings is 7. The maximum Gasteiger partial charge on any atom is 0.238 e. The third-order valence-electron chi connectivity index (χ3n) is 11.1. The molecule has 2 aliphatic rings. The number of hydrogen-bond donors (Lipinski definition) is 0. The molecule has 242 valence electrons. The van der Waals surface area contributed by atoms with Crippen LogP contribution in [0.15, 0.2) is 158 Å². The van der Waals surface area contributed by atoms with Crippen LogP contribution < -0.4 is 0 Å². The summed E-state index contributed by atoms with van der Waals surface area (Å²) in [6, 6.07) is 48.2. The largest absolute Gasteiger partial charge is 0.309 e. The molecule has 0 amide bonds. The van der Waals surface area contributed by atoms with Crippen molar-refractivity contribution in [2.75, 3.05) is 0 Å². The van der Waals surface area contributed by atoms with E-state index in [4.69, 9.17) is 15.0 Å². The van der Waals surface area contributed by atoms with Crippen LogP contribution in [0.1, 0.15) is 18.2 Å². The molecule has 3 heterocycles. The molecule has 0 radical (unpaired) electrons. The normalized spacial score (nSPS) is 14.9. The molecule has 0 aliphatic heterocycles. The molecule has 5 nitrogen and oxygen atoms in total. The Morgan fingerprint density at radius 1 is 0.519 bits per heavy atom. The van der Waals surface area contributed by atoms with Crippen molar-refractivity contribution in [3.8, 4) is 34.2 Å². The highest BCUT2D eigenvalue weighted by atomic mass is 15.2. The fraction of sp³-hybridized carbons (Fsp3) is 0.0426. The predicted molar refractivity (Wildman–Crippen MR) is 214 cm³/mol. The van der Waals surface area contributed by atoms with Crippen molar-refractivity contribution in [1.29, 1.82) is 0 Å². The first-order valence-corrected chi connectivity index (χ1v) is 17.9. The maximum atomic E-state index is 5.35. The van der Waals surface area contributed by atoms with Gasteiger partial charge < -0.3 is 4.57 Å². The Bertz CT molecular complexity index is 3200. The first kappa shape index (κ1) is 27.9. The number of rotatable bonds is 4. The molecule has 0 spiro atoms. The van der Waals surface area contributed by atoms with Gasteiger partial charge in [0.15, 0.2) is 5.82 Å². The average molecular weight is 664 g/mol. The number of aromatic nitrogens is 5. The molecule has 12 rings (SSSR count). The monoisotopic (exact) mass is 663 g/mol. The fourth-order valence-corrected chi connectivity index (χ4v) is 8.96. The summed E-state index contributed by atoms with van der Waals surface area (Å²) >= 11 is 0. The highest BCUT2D eigenvalue weighted by Gasteiger charge is 2.29. The van der Waals surface area contributed by atoms with Crippen molar-refractivity contribution in [2.45, 2.75) is 12.3 Å². The van der Waals surface area contributed by atoms with Gasteiger partial charge in [0.05, 0.1) is 22.1 Å². The Morgan fingerprint density at radius 2 is 1.27 bits per heavy atom. The molecule has 2 aliphatic carbocycles. The molecule has 7 aromatic carbocycles. The minimum absolute atomic E-state index is 0.0619. The van der Waals surface area contributed by atoms with Crippen LogP contribution in [-0.2, 0) is 0 Å². The summed E-state index contributed by atoms with van der Waals surface area (Å²) < 4.78 is 4.76. The van der Waals surface area contributed by atoms with E-state index < -0.39 is 0 Å². The molecular formula is C47H29N5. The zero-order valence-electron chi connectivity index (χ0n) is 28.0. The predicted octanol–water partition coefficient (Wildman–Crippen LogP) is 11.6. The van der Waals surface area contributed by atoms with Gasteiger partial charge in [0.2, 0.25) is 5.95 Å². The highest BCUT2D eigenvalue weighted by Crippen LogP contribution is 2.52. The molecule has 0 saturated carbocycles. The van der Waals surface area contributed by atoms with Crippen LogP contribution in [0.4, 0.5) is 0 Å². The Balaban J connectivity index is 1.30. The first-order valence-electron chi connectivity index (χ1n) is 17.9. The summed E-state index contributed by atoms with van der Waals surface area (Å²) in [5, 5.41) is 9.93. The zero-order valence-corrected chi connectivity index (χ0v) is 28.0. The molecule has 0 bridgehead atoms. The standard InChI is InChI=1S/C47H29N5/c1-4-13-29(14-5-1)45-48-46(30-15-6-2-7-16-30)50-47(49-45)52-38-26-24-28-23-25-37-42-39(28)43(38)41-35(27-31-17-10-11-20-33(31)44(41)52)34-21-12-22-36(40(34)42)51(37)32-18-8-3-9-19-32/h1-15,17-27,30H,16H2. The summed E-state index contributed by atoms with van der Waals surface area (Å²) in [4.78, 5) is 15.8. The lowest BCUT2D eigenvalue weighted by Gasteiger charge is -2.16. The Kier molecular flexibility index (Phi) is 5.55. The number of fused-ring (bicyclic) bond motifs is 3. The highest BCUT2D eigenvalue weighted by molar-refractivity contribution is 6.40. The molecule has 0 saturated heterocycles. The molecule has 0 N–H and O–H groups in total. The molecule has 10 aromatic rings. The lowest BCUT2D eigenvalue weighted by atomic mass is 9.94. The topological polar surface area (TPSA) is 48.5 Å². The van der Waals surface area contributed by atoms with Gasteiger partial charge in [-0.25, -0.2) is 4.98 Å². The van der Waals surface area contributed by atoms with Gasteiger partial charge in [0.1, 0.15) is 5.82 Å². The van der Waals surface area contributed by atoms with Crippen molar-refractivity contribution in [3.63, 3.8) is 0 Å². The Hall–Kier alpha value is -6.85. The van der Waals surface area contributed by atoms with E-state index in [1.165, 1.54) is 65.3 Å². The van der Waals surface area contributed by atoms with Crippen molar-refractivity contribution in [3.05, 3.63) is 164 Å².